The van der Waals surface area contributed by atoms with Crippen molar-refractivity contribution in [2.24, 2.45) is 5.73 Å². The summed E-state index contributed by atoms with van der Waals surface area (Å²) in [7, 11) is 0. The smallest absolute Gasteiger partial charge is 0.327 e. The van der Waals surface area contributed by atoms with E-state index in [0.29, 0.717) is 18.6 Å². The van der Waals surface area contributed by atoms with Crippen LogP contribution in [0, 0.1) is 0 Å². The average Bonchev–Trinajstić information content (AvgIpc) is 2.69. The third kappa shape index (κ3) is 4.69. The Morgan fingerprint density at radius 3 is 2.58 bits per heavy atom. The summed E-state index contributed by atoms with van der Waals surface area (Å²) < 4.78 is 0. The van der Waals surface area contributed by atoms with Crippen LogP contribution < -0.4 is 5.73 Å². The zero-order valence-corrected chi connectivity index (χ0v) is 12.7. The Balaban J connectivity index is 2.72. The molecule has 2 unspecified atom stereocenters. The quantitative estimate of drug-likeness (QED) is 0.776. The maximum atomic E-state index is 12.3. The average molecular weight is 288 g/mol. The third-order valence-electron chi connectivity index (χ3n) is 3.18. The highest BCUT2D eigenvalue weighted by atomic mass is 32.2. The van der Waals surface area contributed by atoms with Gasteiger partial charge in [0, 0.05) is 17.7 Å². The van der Waals surface area contributed by atoms with E-state index in [1.807, 2.05) is 20.8 Å². The van der Waals surface area contributed by atoms with E-state index in [-0.39, 0.29) is 11.3 Å². The van der Waals surface area contributed by atoms with Crippen molar-refractivity contribution in [1.29, 1.82) is 0 Å². The molecule has 0 radical (unpaired) electrons. The molecule has 1 aliphatic rings. The normalized spacial score (nSPS) is 23.7. The maximum Gasteiger partial charge on any atom is 0.327 e. The van der Waals surface area contributed by atoms with Crippen molar-refractivity contribution in [3.05, 3.63) is 0 Å². The number of rotatable bonds is 6. The highest BCUT2D eigenvalue weighted by Crippen LogP contribution is 2.33. The first-order chi connectivity index (χ1) is 8.76. The molecule has 0 saturated carbocycles. The van der Waals surface area contributed by atoms with E-state index in [1.165, 1.54) is 0 Å². The summed E-state index contributed by atoms with van der Waals surface area (Å²) in [6, 6.07) is -0.685. The highest BCUT2D eigenvalue weighted by Gasteiger charge is 2.40. The molecule has 6 heteroatoms. The molecule has 0 aliphatic carbocycles. The fraction of sp³-hybridized carbons (Fsp3) is 0.846. The summed E-state index contributed by atoms with van der Waals surface area (Å²) >= 11 is 1.57. The van der Waals surface area contributed by atoms with Gasteiger partial charge in [-0.3, -0.25) is 4.79 Å². The number of carboxylic acid groups (broad SMARTS) is 1. The first-order valence-electron chi connectivity index (χ1n) is 6.70. The van der Waals surface area contributed by atoms with Crippen LogP contribution in [0.2, 0.25) is 0 Å². The van der Waals surface area contributed by atoms with Crippen molar-refractivity contribution in [3.63, 3.8) is 0 Å². The van der Waals surface area contributed by atoms with Crippen molar-refractivity contribution in [2.75, 3.05) is 5.75 Å². The summed E-state index contributed by atoms with van der Waals surface area (Å²) in [5.74, 6) is -0.515. The van der Waals surface area contributed by atoms with Gasteiger partial charge in [-0.1, -0.05) is 13.3 Å². The molecule has 0 aromatic carbocycles. The maximum absolute atomic E-state index is 12.3. The molecule has 0 aromatic rings. The number of thioether (sulfide) groups is 1. The first-order valence-corrected chi connectivity index (χ1v) is 7.75. The summed E-state index contributed by atoms with van der Waals surface area (Å²) in [4.78, 5) is 25.1. The molecule has 0 aromatic heterocycles. The van der Waals surface area contributed by atoms with Gasteiger partial charge in [-0.25, -0.2) is 4.79 Å². The van der Waals surface area contributed by atoms with Crippen molar-refractivity contribution >= 4 is 23.6 Å². The number of nitrogens with two attached hydrogens (primary N) is 1. The monoisotopic (exact) mass is 288 g/mol. The minimum atomic E-state index is -0.911. The zero-order valence-electron chi connectivity index (χ0n) is 11.9. The summed E-state index contributed by atoms with van der Waals surface area (Å²) in [6.45, 7) is 5.79. The van der Waals surface area contributed by atoms with Crippen molar-refractivity contribution < 1.29 is 14.7 Å². The molecule has 2 atom stereocenters. The number of carboxylic acids is 1. The van der Waals surface area contributed by atoms with E-state index in [0.717, 1.165) is 12.8 Å². The van der Waals surface area contributed by atoms with Gasteiger partial charge in [-0.15, -0.1) is 11.8 Å². The van der Waals surface area contributed by atoms with E-state index in [9.17, 15) is 14.7 Å². The lowest BCUT2D eigenvalue weighted by Crippen LogP contribution is -2.46. The Kier molecular flexibility index (Phi) is 5.67. The zero-order chi connectivity index (χ0) is 14.6. The van der Waals surface area contributed by atoms with Crippen LogP contribution in [0.15, 0.2) is 0 Å². The number of nitrogens with zero attached hydrogens (tertiary/aromatic N) is 1. The van der Waals surface area contributed by atoms with Crippen LogP contribution in [0.5, 0.6) is 0 Å². The lowest BCUT2D eigenvalue weighted by molar-refractivity contribution is -0.149. The Labute approximate surface area is 118 Å². The predicted octanol–water partition coefficient (Wildman–Crippen LogP) is 1.66. The molecule has 0 spiro atoms. The molecule has 1 aliphatic heterocycles. The molecule has 5 nitrogen and oxygen atoms in total. The molecule has 3 N–H and O–H groups in total. The molecule has 110 valence electrons. The van der Waals surface area contributed by atoms with Gasteiger partial charge >= 0.3 is 5.97 Å². The number of hydrogen-bond acceptors (Lipinski definition) is 4. The van der Waals surface area contributed by atoms with Crippen molar-refractivity contribution in [1.82, 2.24) is 4.90 Å². The number of carbonyl (C=O) groups excluding carboxylic acids is 1. The van der Waals surface area contributed by atoms with E-state index in [1.54, 1.807) is 16.7 Å². The largest absolute Gasteiger partial charge is 0.480 e. The van der Waals surface area contributed by atoms with Gasteiger partial charge in [0.25, 0.3) is 0 Å². The van der Waals surface area contributed by atoms with Crippen LogP contribution >= 0.6 is 11.8 Å². The van der Waals surface area contributed by atoms with Gasteiger partial charge in [-0.2, -0.15) is 0 Å². The van der Waals surface area contributed by atoms with Crippen LogP contribution in [-0.2, 0) is 9.59 Å². The van der Waals surface area contributed by atoms with Crippen LogP contribution in [-0.4, -0.2) is 44.6 Å². The van der Waals surface area contributed by atoms with E-state index in [4.69, 9.17) is 5.73 Å². The fourth-order valence-corrected chi connectivity index (χ4v) is 3.65. The molecular formula is C13H24N2O3S. The Hall–Kier alpha value is -0.750. The number of aliphatic carboxylic acids is 1. The minimum absolute atomic E-state index is 0.000475. The molecule has 1 amide bonds. The molecule has 1 saturated heterocycles. The number of amides is 1. The lowest BCUT2D eigenvalue weighted by atomic mass is 9.99. The van der Waals surface area contributed by atoms with Crippen LogP contribution in [0.25, 0.3) is 0 Å². The van der Waals surface area contributed by atoms with E-state index in [2.05, 4.69) is 0 Å². The summed E-state index contributed by atoms with van der Waals surface area (Å²) in [5, 5.41) is 9.21. The Morgan fingerprint density at radius 1 is 1.47 bits per heavy atom. The molecule has 1 rings (SSSR count). The second-order valence-corrected chi connectivity index (χ2v) is 6.93. The molecule has 1 heterocycles. The number of carbonyl (C=O) groups is 2. The summed E-state index contributed by atoms with van der Waals surface area (Å²) in [6.07, 6.45) is 2.66. The third-order valence-corrected chi connectivity index (χ3v) is 4.54. The molecular weight excluding hydrogens is 264 g/mol. The van der Waals surface area contributed by atoms with Crippen molar-refractivity contribution in [3.8, 4) is 0 Å². The SMILES string of the molecule is CCCC1SCC(C(=O)O)N1C(=O)CCC(C)(C)N. The van der Waals surface area contributed by atoms with Gasteiger partial charge in [0.1, 0.15) is 6.04 Å². The highest BCUT2D eigenvalue weighted by molar-refractivity contribution is 8.00. The topological polar surface area (TPSA) is 83.6 Å². The van der Waals surface area contributed by atoms with Crippen LogP contribution in [0.4, 0.5) is 0 Å². The van der Waals surface area contributed by atoms with Gasteiger partial charge in [0.2, 0.25) is 5.91 Å². The van der Waals surface area contributed by atoms with Gasteiger partial charge in [-0.05, 0) is 26.7 Å². The second-order valence-electron chi connectivity index (χ2n) is 5.72. The van der Waals surface area contributed by atoms with E-state index < -0.39 is 17.6 Å². The van der Waals surface area contributed by atoms with Gasteiger partial charge in [0.15, 0.2) is 0 Å². The Morgan fingerprint density at radius 2 is 2.11 bits per heavy atom. The predicted molar refractivity (Wildman–Crippen MR) is 76.9 cm³/mol. The van der Waals surface area contributed by atoms with Gasteiger partial charge in [0.05, 0.1) is 5.37 Å². The number of hydrogen-bond donors (Lipinski definition) is 2. The van der Waals surface area contributed by atoms with Crippen LogP contribution in [0.1, 0.15) is 46.5 Å². The minimum Gasteiger partial charge on any atom is -0.480 e. The molecule has 0 bridgehead atoms. The molecule has 1 fully saturated rings. The second kappa shape index (κ2) is 6.61. The molecule has 19 heavy (non-hydrogen) atoms. The fourth-order valence-electron chi connectivity index (χ4n) is 2.12. The van der Waals surface area contributed by atoms with Crippen molar-refractivity contribution in [2.45, 2.75) is 63.4 Å². The van der Waals surface area contributed by atoms with Crippen LogP contribution in [0.3, 0.4) is 0 Å². The Bertz CT molecular complexity index is 341. The van der Waals surface area contributed by atoms with E-state index >= 15 is 0 Å². The standard InChI is InChI=1S/C13H24N2O3S/c1-4-5-11-15(9(8-19-11)12(17)18)10(16)6-7-13(2,3)14/h9,11H,4-8,14H2,1-3H3,(H,17,18). The lowest BCUT2D eigenvalue weighted by Gasteiger charge is -2.28. The summed E-state index contributed by atoms with van der Waals surface area (Å²) in [5.41, 5.74) is 5.48. The first kappa shape index (κ1) is 16.3. The van der Waals surface area contributed by atoms with Gasteiger partial charge < -0.3 is 15.7 Å².